The van der Waals surface area contributed by atoms with Crippen molar-refractivity contribution in [3.05, 3.63) is 34.3 Å². The number of nitrogens with two attached hydrogens (primary N) is 3. The van der Waals surface area contributed by atoms with Gasteiger partial charge in [-0.25, -0.2) is 4.68 Å². The van der Waals surface area contributed by atoms with Crippen molar-refractivity contribution in [2.75, 3.05) is 18.0 Å². The van der Waals surface area contributed by atoms with Crippen LogP contribution in [0, 0.1) is 0 Å². The fraction of sp³-hybridized carbons (Fsp3) is 0.182. The van der Waals surface area contributed by atoms with Crippen molar-refractivity contribution < 1.29 is 0 Å². The lowest BCUT2D eigenvalue weighted by atomic mass is 10.2. The van der Waals surface area contributed by atoms with Crippen molar-refractivity contribution in [1.82, 2.24) is 9.78 Å². The van der Waals surface area contributed by atoms with Crippen LogP contribution in [0.3, 0.4) is 0 Å². The van der Waals surface area contributed by atoms with E-state index in [2.05, 4.69) is 21.0 Å². The first-order chi connectivity index (χ1) is 8.13. The molecule has 1 aromatic heterocycles. The monoisotopic (exact) mass is 295 g/mol. The van der Waals surface area contributed by atoms with Gasteiger partial charge in [-0.1, -0.05) is 15.9 Å². The summed E-state index contributed by atoms with van der Waals surface area (Å²) < 4.78 is 2.63. The van der Waals surface area contributed by atoms with Gasteiger partial charge in [-0.05, 0) is 37.2 Å². The Balaban J connectivity index is 2.46. The third-order valence-electron chi connectivity index (χ3n) is 2.52. The molecule has 0 aliphatic carbocycles. The summed E-state index contributed by atoms with van der Waals surface area (Å²) in [5, 5.41) is 4.23. The molecule has 0 amide bonds. The highest BCUT2D eigenvalue weighted by molar-refractivity contribution is 9.10. The molecule has 2 rings (SSSR count). The first kappa shape index (κ1) is 11.9. The number of aromatic nitrogens is 2. The van der Waals surface area contributed by atoms with Gasteiger partial charge < -0.3 is 17.2 Å². The summed E-state index contributed by atoms with van der Waals surface area (Å²) in [7, 11) is 0. The Labute approximate surface area is 108 Å². The quantitative estimate of drug-likeness (QED) is 0.795. The number of hydrogen-bond acceptors (Lipinski definition) is 4. The van der Waals surface area contributed by atoms with E-state index >= 15 is 0 Å². The van der Waals surface area contributed by atoms with E-state index in [1.807, 2.05) is 24.3 Å². The molecule has 0 atom stereocenters. The summed E-state index contributed by atoms with van der Waals surface area (Å²) in [5.74, 6) is 0.992. The molecule has 0 aliphatic heterocycles. The van der Waals surface area contributed by atoms with Crippen LogP contribution in [0.15, 0.2) is 28.7 Å². The molecular formula is C11H14BrN5. The van der Waals surface area contributed by atoms with E-state index in [9.17, 15) is 0 Å². The largest absolute Gasteiger partial charge is 0.383 e. The first-order valence-electron chi connectivity index (χ1n) is 5.22. The second-order valence-corrected chi connectivity index (χ2v) is 4.59. The molecule has 17 heavy (non-hydrogen) atoms. The molecular weight excluding hydrogens is 282 g/mol. The Bertz CT molecular complexity index is 517. The van der Waals surface area contributed by atoms with Crippen LogP contribution in [0.1, 0.15) is 5.56 Å². The van der Waals surface area contributed by atoms with E-state index in [0.717, 1.165) is 15.7 Å². The van der Waals surface area contributed by atoms with Gasteiger partial charge in [0.2, 0.25) is 0 Å². The minimum absolute atomic E-state index is 0.441. The van der Waals surface area contributed by atoms with Gasteiger partial charge in [-0.15, -0.1) is 5.10 Å². The van der Waals surface area contributed by atoms with E-state index in [0.29, 0.717) is 24.6 Å². The van der Waals surface area contributed by atoms with E-state index in [-0.39, 0.29) is 0 Å². The Kier molecular flexibility index (Phi) is 3.35. The molecule has 0 spiro atoms. The van der Waals surface area contributed by atoms with Gasteiger partial charge in [-0.2, -0.15) is 0 Å². The van der Waals surface area contributed by atoms with Gasteiger partial charge in [0, 0.05) is 10.0 Å². The normalized spacial score (nSPS) is 10.7. The van der Waals surface area contributed by atoms with Gasteiger partial charge in [0.05, 0.1) is 5.69 Å². The number of nitrogens with zero attached hydrogens (tertiary/aromatic N) is 2. The molecule has 2 aromatic rings. The molecule has 0 bridgehead atoms. The molecule has 1 aromatic carbocycles. The highest BCUT2D eigenvalue weighted by atomic mass is 79.9. The third-order valence-corrected chi connectivity index (χ3v) is 3.05. The molecule has 0 aliphatic rings. The van der Waals surface area contributed by atoms with Crippen molar-refractivity contribution >= 4 is 27.6 Å². The summed E-state index contributed by atoms with van der Waals surface area (Å²) >= 11 is 3.38. The van der Waals surface area contributed by atoms with Crippen LogP contribution < -0.4 is 17.2 Å². The zero-order chi connectivity index (χ0) is 12.4. The molecule has 5 nitrogen and oxygen atoms in total. The molecule has 1 heterocycles. The van der Waals surface area contributed by atoms with E-state index in [1.165, 1.54) is 0 Å². The van der Waals surface area contributed by atoms with Crippen LogP contribution in [-0.4, -0.2) is 16.3 Å². The van der Waals surface area contributed by atoms with E-state index in [4.69, 9.17) is 17.2 Å². The minimum atomic E-state index is 0.441. The summed E-state index contributed by atoms with van der Waals surface area (Å²) in [5.41, 5.74) is 19.0. The van der Waals surface area contributed by atoms with Crippen LogP contribution in [0.25, 0.3) is 5.69 Å². The van der Waals surface area contributed by atoms with Crippen LogP contribution in [-0.2, 0) is 6.42 Å². The third kappa shape index (κ3) is 2.27. The van der Waals surface area contributed by atoms with E-state index in [1.54, 1.807) is 4.68 Å². The lowest BCUT2D eigenvalue weighted by Gasteiger charge is -2.04. The second kappa shape index (κ2) is 4.77. The number of hydrogen-bond donors (Lipinski definition) is 3. The summed E-state index contributed by atoms with van der Waals surface area (Å²) in [6, 6.07) is 7.68. The van der Waals surface area contributed by atoms with Crippen molar-refractivity contribution in [3.8, 4) is 5.69 Å². The van der Waals surface area contributed by atoms with Crippen LogP contribution in [0.5, 0.6) is 0 Å². The zero-order valence-corrected chi connectivity index (χ0v) is 10.8. The average Bonchev–Trinajstić information content (AvgIpc) is 2.59. The Hall–Kier alpha value is -1.53. The van der Waals surface area contributed by atoms with Crippen molar-refractivity contribution in [2.24, 2.45) is 5.73 Å². The van der Waals surface area contributed by atoms with E-state index < -0.39 is 0 Å². The SMILES string of the molecule is NCCc1c(N)nn(-c2ccc(Br)cc2)c1N. The second-order valence-electron chi connectivity index (χ2n) is 3.68. The summed E-state index contributed by atoms with van der Waals surface area (Å²) in [4.78, 5) is 0. The summed E-state index contributed by atoms with van der Waals surface area (Å²) in [6.45, 7) is 0.500. The maximum absolute atomic E-state index is 6.01. The van der Waals surface area contributed by atoms with Gasteiger partial charge in [-0.3, -0.25) is 0 Å². The highest BCUT2D eigenvalue weighted by Crippen LogP contribution is 2.23. The van der Waals surface area contributed by atoms with Crippen LogP contribution in [0.2, 0.25) is 0 Å². The number of rotatable bonds is 3. The van der Waals surface area contributed by atoms with Gasteiger partial charge >= 0.3 is 0 Å². The van der Waals surface area contributed by atoms with Crippen molar-refractivity contribution in [3.63, 3.8) is 0 Å². The van der Waals surface area contributed by atoms with Crippen molar-refractivity contribution in [1.29, 1.82) is 0 Å². The van der Waals surface area contributed by atoms with Gasteiger partial charge in [0.15, 0.2) is 5.82 Å². The molecule has 0 unspecified atom stereocenters. The number of nitrogen functional groups attached to an aromatic ring is 2. The van der Waals surface area contributed by atoms with Gasteiger partial charge in [0.1, 0.15) is 5.82 Å². The average molecular weight is 296 g/mol. The molecule has 0 radical (unpaired) electrons. The van der Waals surface area contributed by atoms with Crippen LogP contribution >= 0.6 is 15.9 Å². The molecule has 0 saturated carbocycles. The summed E-state index contributed by atoms with van der Waals surface area (Å²) in [6.07, 6.45) is 0.633. The number of benzene rings is 1. The number of anilines is 2. The highest BCUT2D eigenvalue weighted by Gasteiger charge is 2.13. The predicted molar refractivity (Wildman–Crippen MR) is 72.8 cm³/mol. The maximum Gasteiger partial charge on any atom is 0.151 e. The molecule has 0 fully saturated rings. The molecule has 6 heteroatoms. The Morgan fingerprint density at radius 3 is 2.41 bits per heavy atom. The number of halogens is 1. The fourth-order valence-electron chi connectivity index (χ4n) is 1.66. The maximum atomic E-state index is 6.01. The molecule has 6 N–H and O–H groups in total. The minimum Gasteiger partial charge on any atom is -0.383 e. The topological polar surface area (TPSA) is 95.9 Å². The Morgan fingerprint density at radius 2 is 1.82 bits per heavy atom. The van der Waals surface area contributed by atoms with Crippen molar-refractivity contribution in [2.45, 2.75) is 6.42 Å². The molecule has 90 valence electrons. The lowest BCUT2D eigenvalue weighted by Crippen LogP contribution is -2.07. The first-order valence-corrected chi connectivity index (χ1v) is 6.01. The van der Waals surface area contributed by atoms with Gasteiger partial charge in [0.25, 0.3) is 0 Å². The Morgan fingerprint density at radius 1 is 1.18 bits per heavy atom. The molecule has 0 saturated heterocycles. The fourth-order valence-corrected chi connectivity index (χ4v) is 1.92. The predicted octanol–water partition coefficient (Wildman–Crippen LogP) is 1.30. The smallest absolute Gasteiger partial charge is 0.151 e. The lowest BCUT2D eigenvalue weighted by molar-refractivity contribution is 0.895. The van der Waals surface area contributed by atoms with Crippen LogP contribution in [0.4, 0.5) is 11.6 Å². The standard InChI is InChI=1S/C11H14BrN5/c12-7-1-3-8(4-2-7)17-11(15)9(5-6-13)10(14)16-17/h1-4H,5-6,13,15H2,(H2,14,16). The zero-order valence-electron chi connectivity index (χ0n) is 9.23.